The van der Waals surface area contributed by atoms with Crippen molar-refractivity contribution in [1.29, 1.82) is 0 Å². The zero-order valence-electron chi connectivity index (χ0n) is 24.1. The number of halogens is 1. The average Bonchev–Trinajstić information content (AvgIpc) is 3.37. The Kier molecular flexibility index (Phi) is 8.33. The van der Waals surface area contributed by atoms with Crippen molar-refractivity contribution in [3.63, 3.8) is 0 Å². The lowest BCUT2D eigenvalue weighted by Crippen LogP contribution is -2.48. The lowest BCUT2D eigenvalue weighted by Gasteiger charge is -2.35. The van der Waals surface area contributed by atoms with Crippen LogP contribution in [0.3, 0.4) is 0 Å². The van der Waals surface area contributed by atoms with Gasteiger partial charge >= 0.3 is 12.1 Å². The summed E-state index contributed by atoms with van der Waals surface area (Å²) in [5, 5.41) is 11.0. The van der Waals surface area contributed by atoms with Crippen LogP contribution in [-0.4, -0.2) is 64.7 Å². The number of fused-ring (bicyclic) bond motifs is 4. The molecular weight excluding hydrogens is 574 g/mol. The fourth-order valence-corrected chi connectivity index (χ4v) is 6.48. The number of carbonyl (C=O) groups excluding carboxylic acids is 1. The number of piperazine rings is 1. The van der Waals surface area contributed by atoms with Gasteiger partial charge in [0.2, 0.25) is 0 Å². The molecule has 0 unspecified atom stereocenters. The van der Waals surface area contributed by atoms with Crippen molar-refractivity contribution in [2.24, 2.45) is 0 Å². The van der Waals surface area contributed by atoms with Gasteiger partial charge in [0.05, 0.1) is 16.8 Å². The second kappa shape index (κ2) is 12.5. The summed E-state index contributed by atoms with van der Waals surface area (Å²) >= 11 is 0. The summed E-state index contributed by atoms with van der Waals surface area (Å²) in [6, 6.07) is 33.7. The van der Waals surface area contributed by atoms with Gasteiger partial charge in [-0.1, -0.05) is 97.1 Å². The largest absolute Gasteiger partial charge is 0.478 e. The van der Waals surface area contributed by atoms with Crippen LogP contribution >= 0.6 is 12.4 Å². The molecule has 1 aliphatic carbocycles. The number of hydrogen-bond donors (Lipinski definition) is 1. The van der Waals surface area contributed by atoms with Gasteiger partial charge in [-0.25, -0.2) is 14.6 Å². The van der Waals surface area contributed by atoms with E-state index in [1.807, 2.05) is 78.9 Å². The number of carboxylic acids is 1. The van der Waals surface area contributed by atoms with Crippen molar-refractivity contribution >= 4 is 35.4 Å². The van der Waals surface area contributed by atoms with Crippen LogP contribution in [0.4, 0.5) is 4.79 Å². The molecule has 1 aliphatic heterocycles. The van der Waals surface area contributed by atoms with Crippen molar-refractivity contribution in [3.05, 3.63) is 125 Å². The Bertz CT molecular complexity index is 1790. The van der Waals surface area contributed by atoms with Gasteiger partial charge in [-0.15, -0.1) is 12.4 Å². The minimum atomic E-state index is -0.969. The summed E-state index contributed by atoms with van der Waals surface area (Å²) < 4.78 is 5.89. The Hall–Kier alpha value is -4.72. The molecule has 1 saturated heterocycles. The highest BCUT2D eigenvalue weighted by Crippen LogP contribution is 2.44. The molecule has 4 aromatic carbocycles. The number of aromatic nitrogens is 1. The number of amides is 1. The highest BCUT2D eigenvalue weighted by atomic mass is 35.5. The predicted octanol–water partition coefficient (Wildman–Crippen LogP) is 7.09. The molecule has 5 aromatic rings. The number of pyridine rings is 1. The summed E-state index contributed by atoms with van der Waals surface area (Å²) in [5.74, 6) is -0.952. The number of carboxylic acid groups (broad SMARTS) is 1. The number of nitrogens with zero attached hydrogens (tertiary/aromatic N) is 3. The Morgan fingerprint density at radius 3 is 2.02 bits per heavy atom. The second-order valence-electron chi connectivity index (χ2n) is 11.1. The van der Waals surface area contributed by atoms with E-state index in [-0.39, 0.29) is 36.6 Å². The van der Waals surface area contributed by atoms with Crippen molar-refractivity contribution in [1.82, 2.24) is 14.8 Å². The maximum atomic E-state index is 13.2. The van der Waals surface area contributed by atoms with Gasteiger partial charge in [-0.2, -0.15) is 0 Å². The van der Waals surface area contributed by atoms with E-state index in [1.165, 1.54) is 22.3 Å². The third-order valence-corrected chi connectivity index (χ3v) is 8.60. The van der Waals surface area contributed by atoms with Crippen LogP contribution in [0.5, 0.6) is 0 Å². The Morgan fingerprint density at radius 1 is 0.773 bits per heavy atom. The Balaban J connectivity index is 0.00000343. The van der Waals surface area contributed by atoms with Crippen LogP contribution in [0.15, 0.2) is 103 Å². The molecule has 44 heavy (non-hydrogen) atoms. The quantitative estimate of drug-likeness (QED) is 0.223. The van der Waals surface area contributed by atoms with E-state index in [9.17, 15) is 14.7 Å². The minimum absolute atomic E-state index is 0. The number of para-hydroxylation sites is 1. The third-order valence-electron chi connectivity index (χ3n) is 8.60. The summed E-state index contributed by atoms with van der Waals surface area (Å²) in [7, 11) is 0. The first kappa shape index (κ1) is 29.4. The van der Waals surface area contributed by atoms with Crippen LogP contribution in [0, 0.1) is 0 Å². The van der Waals surface area contributed by atoms with Gasteiger partial charge in [-0.3, -0.25) is 4.90 Å². The molecule has 0 atom stereocenters. The van der Waals surface area contributed by atoms with E-state index >= 15 is 0 Å². The van der Waals surface area contributed by atoms with E-state index in [0.29, 0.717) is 54.9 Å². The maximum Gasteiger partial charge on any atom is 0.409 e. The van der Waals surface area contributed by atoms with Crippen molar-refractivity contribution in [2.75, 3.05) is 32.8 Å². The molecule has 0 bridgehead atoms. The van der Waals surface area contributed by atoms with Gasteiger partial charge in [0.25, 0.3) is 0 Å². The summed E-state index contributed by atoms with van der Waals surface area (Å²) in [4.78, 5) is 34.6. The number of rotatable bonds is 6. The smallest absolute Gasteiger partial charge is 0.409 e. The third kappa shape index (κ3) is 5.41. The van der Waals surface area contributed by atoms with Gasteiger partial charge in [0.1, 0.15) is 6.61 Å². The standard InChI is InChI=1S/C36H31N3O4.ClH/c40-35(41)33-29-16-8-9-17-32(29)37-34(24-10-2-1-3-11-24)30(33)22-38-18-20-39(21-19-38)36(42)43-23-31-27-14-6-4-12-25(27)26-13-5-7-15-28(26)31;/h1-17,31H,18-23H2,(H,40,41);1H. The first-order chi connectivity index (χ1) is 21.1. The number of hydrogen-bond acceptors (Lipinski definition) is 5. The predicted molar refractivity (Wildman–Crippen MR) is 173 cm³/mol. The monoisotopic (exact) mass is 605 g/mol. The van der Waals surface area contributed by atoms with Crippen molar-refractivity contribution in [3.8, 4) is 22.4 Å². The molecule has 222 valence electrons. The van der Waals surface area contributed by atoms with Crippen molar-refractivity contribution in [2.45, 2.75) is 12.5 Å². The SMILES string of the molecule is Cl.O=C(O)c1c(CN2CCN(C(=O)OCC3c4ccccc4-c4ccccc43)CC2)c(-c2ccccc2)nc2ccccc12. The molecule has 2 aliphatic rings. The summed E-state index contributed by atoms with van der Waals surface area (Å²) in [6.45, 7) is 2.91. The molecule has 8 heteroatoms. The molecule has 0 spiro atoms. The number of ether oxygens (including phenoxy) is 1. The molecule has 7 nitrogen and oxygen atoms in total. The van der Waals surface area contributed by atoms with E-state index in [1.54, 1.807) is 4.90 Å². The highest BCUT2D eigenvalue weighted by Gasteiger charge is 2.31. The molecule has 0 saturated carbocycles. The zero-order chi connectivity index (χ0) is 29.3. The average molecular weight is 606 g/mol. The van der Waals surface area contributed by atoms with Gasteiger partial charge in [0.15, 0.2) is 0 Å². The number of benzene rings is 4. The molecule has 1 N–H and O–H groups in total. The van der Waals surface area contributed by atoms with E-state index in [4.69, 9.17) is 9.72 Å². The highest BCUT2D eigenvalue weighted by molar-refractivity contribution is 6.05. The first-order valence-electron chi connectivity index (χ1n) is 14.6. The van der Waals surface area contributed by atoms with Gasteiger partial charge < -0.3 is 14.7 Å². The van der Waals surface area contributed by atoms with Crippen LogP contribution in [0.25, 0.3) is 33.3 Å². The number of aromatic carboxylic acids is 1. The van der Waals surface area contributed by atoms with Crippen LogP contribution in [0.1, 0.15) is 33.0 Å². The van der Waals surface area contributed by atoms with E-state index in [2.05, 4.69) is 29.2 Å². The molecule has 1 aromatic heterocycles. The molecule has 1 fully saturated rings. The Morgan fingerprint density at radius 2 is 1.36 bits per heavy atom. The number of carbonyl (C=O) groups is 2. The fourth-order valence-electron chi connectivity index (χ4n) is 6.48. The molecule has 0 radical (unpaired) electrons. The maximum absolute atomic E-state index is 13.2. The molecule has 7 rings (SSSR count). The molecule has 2 heterocycles. The summed E-state index contributed by atoms with van der Waals surface area (Å²) in [5.41, 5.74) is 7.96. The normalized spacial score (nSPS) is 14.5. The fraction of sp³-hybridized carbons (Fsp3) is 0.194. The first-order valence-corrected chi connectivity index (χ1v) is 14.6. The zero-order valence-corrected chi connectivity index (χ0v) is 24.9. The second-order valence-corrected chi connectivity index (χ2v) is 11.1. The van der Waals surface area contributed by atoms with Gasteiger partial charge in [0, 0.05) is 55.2 Å². The topological polar surface area (TPSA) is 83.0 Å². The minimum Gasteiger partial charge on any atom is -0.478 e. The lowest BCUT2D eigenvalue weighted by molar-refractivity contribution is 0.0690. The van der Waals surface area contributed by atoms with E-state index < -0.39 is 5.97 Å². The lowest BCUT2D eigenvalue weighted by atomic mass is 9.96. The molecular formula is C36H32ClN3O4. The van der Waals surface area contributed by atoms with Gasteiger partial charge in [-0.05, 0) is 28.3 Å². The summed E-state index contributed by atoms with van der Waals surface area (Å²) in [6.07, 6.45) is -0.315. The van der Waals surface area contributed by atoms with Crippen molar-refractivity contribution < 1.29 is 19.4 Å². The van der Waals surface area contributed by atoms with Crippen LogP contribution in [0.2, 0.25) is 0 Å². The molecule has 1 amide bonds. The van der Waals surface area contributed by atoms with E-state index in [0.717, 1.165) is 5.56 Å². The van der Waals surface area contributed by atoms with Crippen LogP contribution < -0.4 is 0 Å². The Labute approximate surface area is 262 Å². The van der Waals surface area contributed by atoms with Crippen LogP contribution in [-0.2, 0) is 11.3 Å².